The first-order chi connectivity index (χ1) is 8.63. The topological polar surface area (TPSA) is 24.1 Å². The molecule has 0 radical (unpaired) electrons. The number of aryl methyl sites for hydroxylation is 1. The molecule has 0 bridgehead atoms. The molecule has 0 aliphatic carbocycles. The summed E-state index contributed by atoms with van der Waals surface area (Å²) in [7, 11) is 0. The zero-order chi connectivity index (χ0) is 13.0. The van der Waals surface area contributed by atoms with Gasteiger partial charge in [-0.05, 0) is 63.4 Å². The highest BCUT2D eigenvalue weighted by molar-refractivity contribution is 9.10. The van der Waals surface area contributed by atoms with Gasteiger partial charge in [-0.3, -0.25) is 0 Å². The van der Waals surface area contributed by atoms with E-state index in [0.717, 1.165) is 4.47 Å². The molecule has 1 aromatic carbocycles. The van der Waals surface area contributed by atoms with Gasteiger partial charge in [0, 0.05) is 22.2 Å². The third kappa shape index (κ3) is 4.29. The van der Waals surface area contributed by atoms with Gasteiger partial charge in [-0.2, -0.15) is 0 Å². The number of hydrogen-bond donors (Lipinski definition) is 2. The molecule has 1 saturated heterocycles. The van der Waals surface area contributed by atoms with Crippen LogP contribution in [0.3, 0.4) is 0 Å². The zero-order valence-corrected chi connectivity index (χ0v) is 12.9. The number of rotatable bonds is 4. The fourth-order valence-electron chi connectivity index (χ4n) is 2.72. The molecule has 2 atom stereocenters. The van der Waals surface area contributed by atoms with Gasteiger partial charge in [-0.1, -0.05) is 22.4 Å². The molecule has 2 N–H and O–H groups in total. The van der Waals surface area contributed by atoms with Crippen LogP contribution in [0.25, 0.3) is 0 Å². The Morgan fingerprint density at radius 2 is 2.22 bits per heavy atom. The minimum Gasteiger partial charge on any atom is -0.382 e. The average molecular weight is 311 g/mol. The highest BCUT2D eigenvalue weighted by Crippen LogP contribution is 2.21. The van der Waals surface area contributed by atoms with Crippen LogP contribution < -0.4 is 10.6 Å². The lowest BCUT2D eigenvalue weighted by molar-refractivity contribution is 0.371. The lowest BCUT2D eigenvalue weighted by atomic mass is 9.98. The third-order valence-corrected chi connectivity index (χ3v) is 3.96. The molecular formula is C15H23BrN2. The number of piperidine rings is 1. The van der Waals surface area contributed by atoms with Crippen LogP contribution in [-0.4, -0.2) is 18.6 Å². The minimum atomic E-state index is 0.509. The molecule has 0 spiro atoms. The molecule has 0 amide bonds. The molecule has 1 fully saturated rings. The highest BCUT2D eigenvalue weighted by Gasteiger charge is 2.15. The Bertz CT molecular complexity index is 366. The standard InChI is InChI=1S/C15H23BrN2/c1-11-7-13(16)10-15(8-11)18-12(2)9-14-5-3-4-6-17-14/h7-8,10,12,14,17-18H,3-6,9H2,1-2H3. The van der Waals surface area contributed by atoms with E-state index in [1.54, 1.807) is 0 Å². The first-order valence-electron chi connectivity index (χ1n) is 6.90. The maximum absolute atomic E-state index is 3.61. The normalized spacial score (nSPS) is 21.6. The van der Waals surface area contributed by atoms with Gasteiger partial charge in [-0.15, -0.1) is 0 Å². The summed E-state index contributed by atoms with van der Waals surface area (Å²) in [5, 5.41) is 7.21. The predicted octanol–water partition coefficient (Wildman–Crippen LogP) is 4.09. The first kappa shape index (κ1) is 13.9. The van der Waals surface area contributed by atoms with Crippen molar-refractivity contribution in [2.75, 3.05) is 11.9 Å². The zero-order valence-electron chi connectivity index (χ0n) is 11.3. The van der Waals surface area contributed by atoms with Gasteiger partial charge < -0.3 is 10.6 Å². The van der Waals surface area contributed by atoms with E-state index in [0.29, 0.717) is 12.1 Å². The van der Waals surface area contributed by atoms with Crippen molar-refractivity contribution in [3.8, 4) is 0 Å². The van der Waals surface area contributed by atoms with E-state index in [1.165, 1.54) is 43.5 Å². The second kappa shape index (κ2) is 6.58. The van der Waals surface area contributed by atoms with E-state index in [-0.39, 0.29) is 0 Å². The van der Waals surface area contributed by atoms with Crippen LogP contribution >= 0.6 is 15.9 Å². The summed E-state index contributed by atoms with van der Waals surface area (Å²) in [6.07, 6.45) is 5.23. The van der Waals surface area contributed by atoms with Crippen molar-refractivity contribution in [1.29, 1.82) is 0 Å². The highest BCUT2D eigenvalue weighted by atomic mass is 79.9. The van der Waals surface area contributed by atoms with E-state index >= 15 is 0 Å². The monoisotopic (exact) mass is 310 g/mol. The molecule has 0 saturated carbocycles. The smallest absolute Gasteiger partial charge is 0.0356 e. The summed E-state index contributed by atoms with van der Waals surface area (Å²) in [4.78, 5) is 0. The number of hydrogen-bond acceptors (Lipinski definition) is 2. The van der Waals surface area contributed by atoms with Gasteiger partial charge in [0.1, 0.15) is 0 Å². The van der Waals surface area contributed by atoms with Crippen LogP contribution in [0, 0.1) is 6.92 Å². The SMILES string of the molecule is Cc1cc(Br)cc(NC(C)CC2CCCCN2)c1. The van der Waals surface area contributed by atoms with Crippen LogP contribution in [-0.2, 0) is 0 Å². The van der Waals surface area contributed by atoms with Crippen molar-refractivity contribution >= 4 is 21.6 Å². The van der Waals surface area contributed by atoms with Crippen molar-refractivity contribution < 1.29 is 0 Å². The van der Waals surface area contributed by atoms with Crippen LogP contribution in [0.1, 0.15) is 38.2 Å². The lowest BCUT2D eigenvalue weighted by Crippen LogP contribution is -2.37. The molecule has 18 heavy (non-hydrogen) atoms. The van der Waals surface area contributed by atoms with Gasteiger partial charge >= 0.3 is 0 Å². The van der Waals surface area contributed by atoms with Gasteiger partial charge in [-0.25, -0.2) is 0 Å². The molecule has 0 aromatic heterocycles. The van der Waals surface area contributed by atoms with Crippen LogP contribution in [0.4, 0.5) is 5.69 Å². The van der Waals surface area contributed by atoms with Gasteiger partial charge in [0.15, 0.2) is 0 Å². The Hall–Kier alpha value is -0.540. The van der Waals surface area contributed by atoms with Gasteiger partial charge in [0.2, 0.25) is 0 Å². The molecule has 1 aliphatic rings. The summed E-state index contributed by atoms with van der Waals surface area (Å²) >= 11 is 3.55. The van der Waals surface area contributed by atoms with Crippen molar-refractivity contribution in [1.82, 2.24) is 5.32 Å². The van der Waals surface area contributed by atoms with Crippen molar-refractivity contribution in [2.45, 2.75) is 51.6 Å². The van der Waals surface area contributed by atoms with Crippen molar-refractivity contribution in [2.24, 2.45) is 0 Å². The molecule has 1 heterocycles. The third-order valence-electron chi connectivity index (χ3n) is 3.51. The summed E-state index contributed by atoms with van der Waals surface area (Å²) in [6, 6.07) is 7.69. The predicted molar refractivity (Wildman–Crippen MR) is 82.2 cm³/mol. The van der Waals surface area contributed by atoms with E-state index in [4.69, 9.17) is 0 Å². The first-order valence-corrected chi connectivity index (χ1v) is 7.70. The second-order valence-corrected chi connectivity index (χ2v) is 6.36. The lowest BCUT2D eigenvalue weighted by Gasteiger charge is -2.27. The Morgan fingerprint density at radius 1 is 1.39 bits per heavy atom. The molecular weight excluding hydrogens is 288 g/mol. The number of nitrogens with one attached hydrogen (secondary N) is 2. The van der Waals surface area contributed by atoms with Crippen LogP contribution in [0.2, 0.25) is 0 Å². The van der Waals surface area contributed by atoms with Crippen LogP contribution in [0.5, 0.6) is 0 Å². The maximum Gasteiger partial charge on any atom is 0.0356 e. The maximum atomic E-state index is 3.61. The molecule has 3 heteroatoms. The number of anilines is 1. The Kier molecular flexibility index (Phi) is 5.07. The summed E-state index contributed by atoms with van der Waals surface area (Å²) in [5.41, 5.74) is 2.50. The average Bonchev–Trinajstić information content (AvgIpc) is 2.28. The molecule has 2 nitrogen and oxygen atoms in total. The number of halogens is 1. The quantitative estimate of drug-likeness (QED) is 0.875. The van der Waals surface area contributed by atoms with Crippen molar-refractivity contribution in [3.05, 3.63) is 28.2 Å². The minimum absolute atomic E-state index is 0.509. The van der Waals surface area contributed by atoms with Gasteiger partial charge in [0.25, 0.3) is 0 Å². The Balaban J connectivity index is 1.87. The van der Waals surface area contributed by atoms with E-state index < -0.39 is 0 Å². The Morgan fingerprint density at radius 3 is 2.89 bits per heavy atom. The van der Waals surface area contributed by atoms with E-state index in [9.17, 15) is 0 Å². The van der Waals surface area contributed by atoms with Crippen LogP contribution in [0.15, 0.2) is 22.7 Å². The molecule has 2 rings (SSSR count). The largest absolute Gasteiger partial charge is 0.382 e. The second-order valence-electron chi connectivity index (χ2n) is 5.45. The molecule has 1 aliphatic heterocycles. The van der Waals surface area contributed by atoms with Gasteiger partial charge in [0.05, 0.1) is 0 Å². The fraction of sp³-hybridized carbons (Fsp3) is 0.600. The summed E-state index contributed by atoms with van der Waals surface area (Å²) < 4.78 is 1.15. The molecule has 100 valence electrons. The molecule has 2 unspecified atom stereocenters. The van der Waals surface area contributed by atoms with E-state index in [1.807, 2.05) is 0 Å². The Labute approximate surface area is 119 Å². The number of benzene rings is 1. The van der Waals surface area contributed by atoms with E-state index in [2.05, 4.69) is 58.6 Å². The van der Waals surface area contributed by atoms with Crippen molar-refractivity contribution in [3.63, 3.8) is 0 Å². The fourth-order valence-corrected chi connectivity index (χ4v) is 3.32. The summed E-state index contributed by atoms with van der Waals surface area (Å²) in [6.45, 7) is 5.59. The molecule has 1 aromatic rings. The summed E-state index contributed by atoms with van der Waals surface area (Å²) in [5.74, 6) is 0.